The van der Waals surface area contributed by atoms with Crippen molar-refractivity contribution >= 4 is 17.6 Å². The maximum absolute atomic E-state index is 13.9. The van der Waals surface area contributed by atoms with Crippen molar-refractivity contribution in [1.29, 1.82) is 0 Å². The van der Waals surface area contributed by atoms with E-state index in [1.807, 2.05) is 0 Å². The third-order valence-electron chi connectivity index (χ3n) is 2.49. The Hall–Kier alpha value is -2.30. The zero-order valence-electron chi connectivity index (χ0n) is 11.0. The lowest BCUT2D eigenvalue weighted by Gasteiger charge is -2.04. The highest BCUT2D eigenvalue weighted by atomic mass is 32.2. The van der Waals surface area contributed by atoms with Gasteiger partial charge in [0.25, 0.3) is 5.56 Å². The Morgan fingerprint density at radius 1 is 1.38 bits per heavy atom. The number of rotatable bonds is 3. The van der Waals surface area contributed by atoms with E-state index in [2.05, 4.69) is 21.8 Å². The van der Waals surface area contributed by atoms with E-state index in [1.165, 1.54) is 23.9 Å². The fourth-order valence-corrected chi connectivity index (χ4v) is 2.43. The van der Waals surface area contributed by atoms with Crippen LogP contribution in [0.4, 0.5) is 10.2 Å². The van der Waals surface area contributed by atoms with Crippen LogP contribution >= 0.6 is 11.8 Å². The fourth-order valence-electron chi connectivity index (χ4n) is 1.56. The predicted molar refractivity (Wildman–Crippen MR) is 81.2 cm³/mol. The number of nitrogen functional groups attached to an aromatic ring is 1. The van der Waals surface area contributed by atoms with Gasteiger partial charge >= 0.3 is 0 Å². The number of anilines is 1. The Balaban J connectivity index is 2.11. The molecule has 1 heterocycles. The fraction of sp³-hybridized carbons (Fsp3) is 0.143. The van der Waals surface area contributed by atoms with Gasteiger partial charge in [-0.1, -0.05) is 29.7 Å². The summed E-state index contributed by atoms with van der Waals surface area (Å²) in [5.41, 5.74) is 11.5. The lowest BCUT2D eigenvalue weighted by atomic mass is 10.1. The molecule has 1 aromatic heterocycles. The van der Waals surface area contributed by atoms with Crippen LogP contribution in [0.2, 0.25) is 0 Å². The highest BCUT2D eigenvalue weighted by Crippen LogP contribution is 2.21. The monoisotopic (exact) mass is 304 g/mol. The summed E-state index contributed by atoms with van der Waals surface area (Å²) in [7, 11) is 0. The number of H-pyrrole nitrogens is 1. The highest BCUT2D eigenvalue weighted by molar-refractivity contribution is 7.98. The van der Waals surface area contributed by atoms with Gasteiger partial charge in [0, 0.05) is 17.4 Å². The number of nitrogens with one attached hydrogen (secondary N) is 1. The van der Waals surface area contributed by atoms with Gasteiger partial charge in [-0.05, 0) is 17.7 Å². The number of hydrogen-bond acceptors (Lipinski definition) is 5. The molecule has 7 heteroatoms. The van der Waals surface area contributed by atoms with Crippen LogP contribution in [0.25, 0.3) is 0 Å². The molecular formula is C14H13FN4OS. The number of nitrogens with two attached hydrogens (primary N) is 2. The molecule has 5 N–H and O–H groups in total. The Kier molecular flexibility index (Phi) is 4.98. The summed E-state index contributed by atoms with van der Waals surface area (Å²) in [6, 6.07) is 5.91. The van der Waals surface area contributed by atoms with Crippen molar-refractivity contribution in [3.63, 3.8) is 0 Å². The Morgan fingerprint density at radius 3 is 2.86 bits per heavy atom. The number of thioether (sulfide) groups is 1. The Bertz CT molecular complexity index is 764. The van der Waals surface area contributed by atoms with Gasteiger partial charge in [0.15, 0.2) is 5.16 Å². The number of halogens is 1. The minimum atomic E-state index is -0.363. The van der Waals surface area contributed by atoms with Crippen molar-refractivity contribution < 1.29 is 4.39 Å². The third-order valence-corrected chi connectivity index (χ3v) is 3.41. The predicted octanol–water partition coefficient (Wildman–Crippen LogP) is 1.09. The van der Waals surface area contributed by atoms with E-state index in [-0.39, 0.29) is 23.7 Å². The molecule has 1 aromatic carbocycles. The number of nitrogens with zero attached hydrogens (tertiary/aromatic N) is 1. The van der Waals surface area contributed by atoms with Gasteiger partial charge in [-0.25, -0.2) is 9.37 Å². The van der Waals surface area contributed by atoms with Crippen LogP contribution in [0.15, 0.2) is 34.2 Å². The molecule has 0 saturated carbocycles. The van der Waals surface area contributed by atoms with E-state index in [0.717, 1.165) is 0 Å². The largest absolute Gasteiger partial charge is 0.383 e. The van der Waals surface area contributed by atoms with Crippen LogP contribution in [0.1, 0.15) is 11.1 Å². The minimum Gasteiger partial charge on any atom is -0.383 e. The maximum atomic E-state index is 13.9. The number of hydrogen-bond donors (Lipinski definition) is 3. The van der Waals surface area contributed by atoms with E-state index in [9.17, 15) is 9.18 Å². The average molecular weight is 304 g/mol. The number of aromatic amines is 1. The first-order chi connectivity index (χ1) is 10.1. The second kappa shape index (κ2) is 6.92. The smallest absolute Gasteiger partial charge is 0.253 e. The van der Waals surface area contributed by atoms with Crippen LogP contribution in [0.5, 0.6) is 0 Å². The molecule has 2 aromatic rings. The molecule has 0 amide bonds. The van der Waals surface area contributed by atoms with Crippen molar-refractivity contribution in [2.24, 2.45) is 5.73 Å². The molecule has 0 aliphatic carbocycles. The maximum Gasteiger partial charge on any atom is 0.253 e. The van der Waals surface area contributed by atoms with E-state index in [4.69, 9.17) is 11.5 Å². The summed E-state index contributed by atoms with van der Waals surface area (Å²) < 4.78 is 13.9. The summed E-state index contributed by atoms with van der Waals surface area (Å²) in [4.78, 5) is 17.7. The molecule has 5 nitrogen and oxygen atoms in total. The van der Waals surface area contributed by atoms with E-state index in [1.54, 1.807) is 12.1 Å². The van der Waals surface area contributed by atoms with E-state index < -0.39 is 0 Å². The van der Waals surface area contributed by atoms with E-state index in [0.29, 0.717) is 22.0 Å². The lowest BCUT2D eigenvalue weighted by Crippen LogP contribution is -2.09. The molecule has 0 atom stereocenters. The van der Waals surface area contributed by atoms with Crippen LogP contribution in [-0.2, 0) is 5.75 Å². The highest BCUT2D eigenvalue weighted by Gasteiger charge is 2.06. The van der Waals surface area contributed by atoms with Crippen LogP contribution in [0, 0.1) is 17.7 Å². The normalized spacial score (nSPS) is 10.0. The second-order valence-corrected chi connectivity index (χ2v) is 5.04. The molecule has 0 bridgehead atoms. The Labute approximate surface area is 125 Å². The SMILES string of the molecule is NCC#Cc1ccc(CSc2nc(N)cc(=O)[nH]2)c(F)c1. The van der Waals surface area contributed by atoms with Crippen molar-refractivity contribution in [3.05, 3.63) is 51.6 Å². The summed E-state index contributed by atoms with van der Waals surface area (Å²) >= 11 is 1.20. The molecule has 21 heavy (non-hydrogen) atoms. The summed E-state index contributed by atoms with van der Waals surface area (Å²) in [6.07, 6.45) is 0. The zero-order valence-corrected chi connectivity index (χ0v) is 11.8. The number of aromatic nitrogens is 2. The first kappa shape index (κ1) is 15.1. The van der Waals surface area contributed by atoms with Crippen molar-refractivity contribution in [3.8, 4) is 11.8 Å². The van der Waals surface area contributed by atoms with Crippen molar-refractivity contribution in [1.82, 2.24) is 9.97 Å². The van der Waals surface area contributed by atoms with Crippen LogP contribution in [0.3, 0.4) is 0 Å². The van der Waals surface area contributed by atoms with E-state index >= 15 is 0 Å². The van der Waals surface area contributed by atoms with Crippen LogP contribution in [-0.4, -0.2) is 16.5 Å². The molecule has 0 unspecified atom stereocenters. The van der Waals surface area contributed by atoms with Gasteiger partial charge in [0.2, 0.25) is 0 Å². The van der Waals surface area contributed by atoms with Crippen LogP contribution < -0.4 is 17.0 Å². The molecule has 0 radical (unpaired) electrons. The van der Waals surface area contributed by atoms with Gasteiger partial charge < -0.3 is 16.5 Å². The van der Waals surface area contributed by atoms with Gasteiger partial charge in [-0.15, -0.1) is 0 Å². The topological polar surface area (TPSA) is 97.8 Å². The lowest BCUT2D eigenvalue weighted by molar-refractivity contribution is 0.617. The van der Waals surface area contributed by atoms with Crippen molar-refractivity contribution in [2.45, 2.75) is 10.9 Å². The standard InChI is InChI=1S/C14H13FN4OS/c15-11-6-9(2-1-5-16)3-4-10(11)8-21-14-18-12(17)7-13(20)19-14/h3-4,6-7H,5,8,16H2,(H3,17,18,19,20). The minimum absolute atomic E-state index is 0.133. The Morgan fingerprint density at radius 2 is 2.19 bits per heavy atom. The molecule has 0 aliphatic heterocycles. The zero-order chi connectivity index (χ0) is 15.2. The first-order valence-corrected chi connectivity index (χ1v) is 7.04. The summed E-state index contributed by atoms with van der Waals surface area (Å²) in [6.45, 7) is 0.230. The summed E-state index contributed by atoms with van der Waals surface area (Å²) in [5.74, 6) is 5.52. The van der Waals surface area contributed by atoms with Crippen molar-refractivity contribution in [2.75, 3.05) is 12.3 Å². The third kappa shape index (κ3) is 4.34. The first-order valence-electron chi connectivity index (χ1n) is 6.05. The van der Waals surface area contributed by atoms with Gasteiger partial charge in [0.05, 0.1) is 6.54 Å². The molecule has 0 spiro atoms. The molecule has 0 aliphatic rings. The molecular weight excluding hydrogens is 291 g/mol. The molecule has 108 valence electrons. The van der Waals surface area contributed by atoms with Gasteiger partial charge in [-0.3, -0.25) is 4.79 Å². The molecule has 0 saturated heterocycles. The summed E-state index contributed by atoms with van der Waals surface area (Å²) in [5, 5.41) is 0.353. The number of benzene rings is 1. The van der Waals surface area contributed by atoms with Gasteiger partial charge in [-0.2, -0.15) is 0 Å². The molecule has 0 fully saturated rings. The van der Waals surface area contributed by atoms with Gasteiger partial charge in [0.1, 0.15) is 11.6 Å². The molecule has 2 rings (SSSR count). The average Bonchev–Trinajstić information content (AvgIpc) is 2.43. The quantitative estimate of drug-likeness (QED) is 0.448. The second-order valence-electron chi connectivity index (χ2n) is 4.08.